The van der Waals surface area contributed by atoms with E-state index < -0.39 is 0 Å². The summed E-state index contributed by atoms with van der Waals surface area (Å²) in [6.45, 7) is 7.43. The summed E-state index contributed by atoms with van der Waals surface area (Å²) in [5.74, 6) is 2.56. The number of fused-ring (bicyclic) bond motifs is 1. The number of nitriles is 1. The summed E-state index contributed by atoms with van der Waals surface area (Å²) >= 11 is 1.74. The molecular formula is C29H35N5O4S. The number of benzene rings is 2. The van der Waals surface area contributed by atoms with E-state index in [4.69, 9.17) is 14.4 Å². The van der Waals surface area contributed by atoms with Crippen molar-refractivity contribution in [2.24, 2.45) is 0 Å². The standard InChI is InChI=1S/C23H24N4O2S.C6H11NO2/c1-4-30-27-20-10-9-17-18(20)6-5-7-19(17)22-25-23(29-26-22)15-8-11-21(28-14(2)3)16(12-15)13-24;8-5-7-3-1-6(9)2-4-7/h5-8,11-12,14,20,27H,4,9-10H2,1-3H3;5-6,9H,1-4H2. The van der Waals surface area contributed by atoms with Gasteiger partial charge in [-0.3, -0.25) is 9.52 Å². The summed E-state index contributed by atoms with van der Waals surface area (Å²) in [4.78, 5) is 16.4. The van der Waals surface area contributed by atoms with E-state index in [1.807, 2.05) is 32.0 Å². The zero-order chi connectivity index (χ0) is 27.8. The van der Waals surface area contributed by atoms with Gasteiger partial charge in [0.2, 0.25) is 12.2 Å². The fourth-order valence-electron chi connectivity index (χ4n) is 4.72. The van der Waals surface area contributed by atoms with Crippen LogP contribution in [-0.2, 0) is 11.2 Å². The molecule has 2 heterocycles. The van der Waals surface area contributed by atoms with Crippen molar-refractivity contribution < 1.29 is 19.2 Å². The number of piperidine rings is 1. The highest BCUT2D eigenvalue weighted by Gasteiger charge is 2.26. The Kier molecular flexibility index (Phi) is 9.98. The van der Waals surface area contributed by atoms with Crippen molar-refractivity contribution in [2.75, 3.05) is 18.8 Å². The number of ether oxygens (including phenoxy) is 1. The number of hydrogen-bond acceptors (Lipinski definition) is 9. The molecule has 3 aromatic rings. The molecule has 39 heavy (non-hydrogen) atoms. The average Bonchev–Trinajstić information content (AvgIpc) is 3.60. The topological polar surface area (TPSA) is 125 Å². The lowest BCUT2D eigenvalue weighted by Gasteiger charge is -2.25. The maximum Gasteiger partial charge on any atom is 0.258 e. The Hall–Kier alpha value is -3.39. The number of hydrogen-bond donors (Lipinski definition) is 2. The van der Waals surface area contributed by atoms with Crippen LogP contribution in [0.1, 0.15) is 62.8 Å². The van der Waals surface area contributed by atoms with Gasteiger partial charge in [-0.05, 0) is 68.9 Å². The molecule has 10 heteroatoms. The number of rotatable bonds is 8. The second-order valence-electron chi connectivity index (χ2n) is 9.80. The van der Waals surface area contributed by atoms with Crippen LogP contribution in [0.25, 0.3) is 22.8 Å². The Balaban J connectivity index is 0.000000333. The molecule has 0 bridgehead atoms. The van der Waals surface area contributed by atoms with E-state index in [1.165, 1.54) is 11.1 Å². The molecule has 0 saturated carbocycles. The molecule has 2 N–H and O–H groups in total. The summed E-state index contributed by atoms with van der Waals surface area (Å²) in [5.41, 5.74) is 4.74. The third-order valence-corrected chi connectivity index (χ3v) is 7.41. The summed E-state index contributed by atoms with van der Waals surface area (Å²) in [6.07, 6.45) is 4.17. The molecule has 1 aliphatic heterocycles. The van der Waals surface area contributed by atoms with Gasteiger partial charge in [0.05, 0.1) is 17.8 Å². The number of likely N-dealkylation sites (tertiary alicyclic amines) is 1. The lowest BCUT2D eigenvalue weighted by atomic mass is 10.0. The van der Waals surface area contributed by atoms with Gasteiger partial charge >= 0.3 is 0 Å². The molecule has 1 saturated heterocycles. The maximum absolute atomic E-state index is 10.1. The maximum atomic E-state index is 10.1. The lowest BCUT2D eigenvalue weighted by Crippen LogP contribution is -2.34. The number of nitrogens with one attached hydrogen (secondary N) is 1. The summed E-state index contributed by atoms with van der Waals surface area (Å²) in [6, 6.07) is 14.1. The van der Waals surface area contributed by atoms with E-state index in [9.17, 15) is 10.1 Å². The van der Waals surface area contributed by atoms with Crippen LogP contribution in [0, 0.1) is 11.3 Å². The van der Waals surface area contributed by atoms with Gasteiger partial charge in [-0.25, -0.2) is 0 Å². The second kappa shape index (κ2) is 13.6. The van der Waals surface area contributed by atoms with E-state index in [0.717, 1.165) is 43.4 Å². The minimum absolute atomic E-state index is 0.00725. The van der Waals surface area contributed by atoms with Gasteiger partial charge in [-0.2, -0.15) is 10.2 Å². The highest BCUT2D eigenvalue weighted by atomic mass is 32.2. The molecule has 2 aromatic carbocycles. The van der Waals surface area contributed by atoms with E-state index in [-0.39, 0.29) is 12.2 Å². The van der Waals surface area contributed by atoms with Crippen LogP contribution in [-0.4, -0.2) is 57.6 Å². The second-order valence-corrected chi connectivity index (χ2v) is 10.9. The van der Waals surface area contributed by atoms with Gasteiger partial charge < -0.3 is 19.3 Å². The highest BCUT2D eigenvalue weighted by molar-refractivity contribution is 7.97. The molecule has 1 aromatic heterocycles. The van der Waals surface area contributed by atoms with Gasteiger partial charge in [-0.15, -0.1) is 0 Å². The molecule has 2 aliphatic rings. The van der Waals surface area contributed by atoms with Crippen LogP contribution in [0.2, 0.25) is 0 Å². The first-order valence-corrected chi connectivity index (χ1v) is 14.3. The highest BCUT2D eigenvalue weighted by Crippen LogP contribution is 2.38. The Morgan fingerprint density at radius 2 is 2.08 bits per heavy atom. The predicted octanol–water partition coefficient (Wildman–Crippen LogP) is 4.91. The zero-order valence-corrected chi connectivity index (χ0v) is 23.4. The molecule has 0 spiro atoms. The van der Waals surface area contributed by atoms with E-state index >= 15 is 0 Å². The number of amides is 1. The molecule has 1 aliphatic carbocycles. The monoisotopic (exact) mass is 549 g/mol. The third-order valence-electron chi connectivity index (χ3n) is 6.67. The van der Waals surface area contributed by atoms with Gasteiger partial charge in [0.15, 0.2) is 0 Å². The van der Waals surface area contributed by atoms with Gasteiger partial charge in [0, 0.05) is 36.0 Å². The zero-order valence-electron chi connectivity index (χ0n) is 22.6. The number of aromatic nitrogens is 2. The Bertz CT molecular complexity index is 1300. The van der Waals surface area contributed by atoms with Crippen molar-refractivity contribution in [3.8, 4) is 34.7 Å². The van der Waals surface area contributed by atoms with Crippen molar-refractivity contribution in [3.05, 3.63) is 53.1 Å². The van der Waals surface area contributed by atoms with E-state index in [1.54, 1.807) is 29.0 Å². The Morgan fingerprint density at radius 3 is 2.77 bits per heavy atom. The number of aliphatic hydroxyl groups excluding tert-OH is 1. The minimum atomic E-state index is -0.179. The normalized spacial score (nSPS) is 16.8. The lowest BCUT2D eigenvalue weighted by molar-refractivity contribution is -0.119. The van der Waals surface area contributed by atoms with Crippen LogP contribution in [0.5, 0.6) is 5.75 Å². The Labute approximate surface area is 233 Å². The van der Waals surface area contributed by atoms with Crippen molar-refractivity contribution >= 4 is 18.4 Å². The summed E-state index contributed by atoms with van der Waals surface area (Å²) < 4.78 is 14.8. The summed E-state index contributed by atoms with van der Waals surface area (Å²) in [7, 11) is 0. The molecule has 1 atom stereocenters. The third kappa shape index (κ3) is 7.18. The van der Waals surface area contributed by atoms with Crippen LogP contribution in [0.3, 0.4) is 0 Å². The molecule has 1 fully saturated rings. The van der Waals surface area contributed by atoms with Crippen LogP contribution in [0.15, 0.2) is 40.9 Å². The first-order chi connectivity index (χ1) is 18.9. The number of aliphatic hydroxyl groups is 1. The molecule has 5 rings (SSSR count). The SMILES string of the molecule is CCSNC1CCc2c(-c3noc(-c4ccc(OC(C)C)c(C#N)c4)n3)cccc21.O=CN1CCC(O)CC1. The van der Waals surface area contributed by atoms with Crippen LogP contribution >= 0.6 is 11.9 Å². The first kappa shape index (κ1) is 28.6. The van der Waals surface area contributed by atoms with Crippen LogP contribution in [0.4, 0.5) is 0 Å². The fraction of sp³-hybridized carbons (Fsp3) is 0.448. The van der Waals surface area contributed by atoms with Gasteiger partial charge in [0.25, 0.3) is 5.89 Å². The molecule has 1 amide bonds. The molecule has 1 unspecified atom stereocenters. The average molecular weight is 550 g/mol. The number of carbonyl (C=O) groups is 1. The Morgan fingerprint density at radius 1 is 1.28 bits per heavy atom. The van der Waals surface area contributed by atoms with Gasteiger partial charge in [0.1, 0.15) is 11.8 Å². The molecule has 9 nitrogen and oxygen atoms in total. The van der Waals surface area contributed by atoms with Crippen molar-refractivity contribution in [1.82, 2.24) is 19.8 Å². The predicted molar refractivity (Wildman–Crippen MR) is 151 cm³/mol. The molecule has 0 radical (unpaired) electrons. The number of nitrogens with zero attached hydrogens (tertiary/aromatic N) is 4. The largest absolute Gasteiger partial charge is 0.490 e. The summed E-state index contributed by atoms with van der Waals surface area (Å²) in [5, 5.41) is 22.7. The minimum Gasteiger partial charge on any atom is -0.490 e. The quantitative estimate of drug-likeness (QED) is 0.298. The fourth-order valence-corrected chi connectivity index (χ4v) is 5.33. The first-order valence-electron chi connectivity index (χ1n) is 13.3. The molecular weight excluding hydrogens is 514 g/mol. The van der Waals surface area contributed by atoms with E-state index in [2.05, 4.69) is 33.9 Å². The number of carbonyl (C=O) groups excluding carboxylic acids is 1. The van der Waals surface area contributed by atoms with Crippen molar-refractivity contribution in [3.63, 3.8) is 0 Å². The van der Waals surface area contributed by atoms with E-state index in [0.29, 0.717) is 47.7 Å². The van der Waals surface area contributed by atoms with Crippen LogP contribution < -0.4 is 9.46 Å². The molecule has 206 valence electrons. The van der Waals surface area contributed by atoms with Crippen molar-refractivity contribution in [1.29, 1.82) is 5.26 Å². The van der Waals surface area contributed by atoms with Crippen molar-refractivity contribution in [2.45, 2.75) is 64.7 Å². The van der Waals surface area contributed by atoms with Gasteiger partial charge in [-0.1, -0.05) is 42.2 Å². The smallest absolute Gasteiger partial charge is 0.258 e.